The van der Waals surface area contributed by atoms with Crippen LogP contribution in [0.25, 0.3) is 17.0 Å². The van der Waals surface area contributed by atoms with E-state index in [4.69, 9.17) is 4.74 Å². The molecule has 2 aromatic carbocycles. The van der Waals surface area contributed by atoms with E-state index in [2.05, 4.69) is 15.0 Å². The number of hydrogen-bond donors (Lipinski definition) is 1. The third kappa shape index (κ3) is 6.06. The average molecular weight is 416 g/mol. The number of pyridine rings is 1. The lowest BCUT2D eigenvalue weighted by Crippen LogP contribution is -2.20. The smallest absolute Gasteiger partial charge is 0.452 e. The van der Waals surface area contributed by atoms with Crippen molar-refractivity contribution in [3.05, 3.63) is 72.4 Å². The standard InChI is InChI=1S/C21H15F3N2O4/c22-21(23,24)30-17-9-7-16(8-10-17)26-18(27)13-29-19(28)11-6-15-4-1-3-14-5-2-12-25-20(14)15/h1-12H,13H2,(H,26,27)/b11-6+. The second kappa shape index (κ2) is 9.08. The van der Waals surface area contributed by atoms with E-state index in [1.54, 1.807) is 18.3 Å². The highest BCUT2D eigenvalue weighted by Crippen LogP contribution is 2.24. The molecule has 0 aliphatic rings. The van der Waals surface area contributed by atoms with Gasteiger partial charge in [0.25, 0.3) is 5.91 Å². The van der Waals surface area contributed by atoms with Gasteiger partial charge in [-0.2, -0.15) is 0 Å². The number of carbonyl (C=O) groups is 2. The quantitative estimate of drug-likeness (QED) is 0.478. The zero-order valence-corrected chi connectivity index (χ0v) is 15.3. The second-order valence-electron chi connectivity index (χ2n) is 5.98. The van der Waals surface area contributed by atoms with E-state index in [0.717, 1.165) is 28.6 Å². The second-order valence-corrected chi connectivity index (χ2v) is 5.98. The van der Waals surface area contributed by atoms with Crippen molar-refractivity contribution in [2.24, 2.45) is 0 Å². The Kier molecular flexibility index (Phi) is 6.31. The van der Waals surface area contributed by atoms with E-state index < -0.39 is 30.6 Å². The van der Waals surface area contributed by atoms with Crippen molar-refractivity contribution in [1.29, 1.82) is 0 Å². The lowest BCUT2D eigenvalue weighted by atomic mass is 10.1. The Balaban J connectivity index is 1.51. The maximum atomic E-state index is 12.1. The largest absolute Gasteiger partial charge is 0.573 e. The van der Waals surface area contributed by atoms with E-state index in [0.29, 0.717) is 0 Å². The van der Waals surface area contributed by atoms with E-state index in [-0.39, 0.29) is 5.69 Å². The third-order valence-electron chi connectivity index (χ3n) is 3.78. The van der Waals surface area contributed by atoms with Crippen LogP contribution in [0.15, 0.2) is 66.9 Å². The first-order valence-electron chi connectivity index (χ1n) is 8.64. The van der Waals surface area contributed by atoms with Crippen molar-refractivity contribution in [2.45, 2.75) is 6.36 Å². The summed E-state index contributed by atoms with van der Waals surface area (Å²) in [5.41, 5.74) is 1.67. The number of rotatable bonds is 6. The van der Waals surface area contributed by atoms with Gasteiger partial charge in [0.05, 0.1) is 5.52 Å². The summed E-state index contributed by atoms with van der Waals surface area (Å²) in [5.74, 6) is -1.79. The van der Waals surface area contributed by atoms with Crippen molar-refractivity contribution in [3.63, 3.8) is 0 Å². The van der Waals surface area contributed by atoms with Crippen molar-refractivity contribution in [2.75, 3.05) is 11.9 Å². The summed E-state index contributed by atoms with van der Waals surface area (Å²) in [6.07, 6.45) is -0.437. The van der Waals surface area contributed by atoms with Gasteiger partial charge in [0.2, 0.25) is 0 Å². The molecule has 0 unspecified atom stereocenters. The Morgan fingerprint density at radius 3 is 2.50 bits per heavy atom. The number of aromatic nitrogens is 1. The molecule has 0 bridgehead atoms. The van der Waals surface area contributed by atoms with Gasteiger partial charge in [0, 0.05) is 28.9 Å². The minimum atomic E-state index is -4.80. The molecular weight excluding hydrogens is 401 g/mol. The van der Waals surface area contributed by atoms with Crippen molar-refractivity contribution in [3.8, 4) is 5.75 Å². The Morgan fingerprint density at radius 2 is 1.77 bits per heavy atom. The topological polar surface area (TPSA) is 77.5 Å². The molecule has 0 aliphatic heterocycles. The van der Waals surface area contributed by atoms with Crippen molar-refractivity contribution < 1.29 is 32.2 Å². The van der Waals surface area contributed by atoms with Gasteiger partial charge < -0.3 is 14.8 Å². The molecular formula is C21H15F3N2O4. The lowest BCUT2D eigenvalue weighted by Gasteiger charge is -2.10. The van der Waals surface area contributed by atoms with Gasteiger partial charge in [0.1, 0.15) is 5.75 Å². The summed E-state index contributed by atoms with van der Waals surface area (Å²) in [5, 5.41) is 3.31. The number of ether oxygens (including phenoxy) is 2. The Labute approximate surface area is 168 Å². The van der Waals surface area contributed by atoms with Crippen LogP contribution in [0.4, 0.5) is 18.9 Å². The molecule has 6 nitrogen and oxygen atoms in total. The minimum absolute atomic E-state index is 0.225. The van der Waals surface area contributed by atoms with Crippen LogP contribution < -0.4 is 10.1 Å². The normalized spacial score (nSPS) is 11.4. The van der Waals surface area contributed by atoms with Gasteiger partial charge in [-0.05, 0) is 36.4 Å². The van der Waals surface area contributed by atoms with E-state index in [9.17, 15) is 22.8 Å². The molecule has 0 saturated heterocycles. The molecule has 0 atom stereocenters. The molecule has 30 heavy (non-hydrogen) atoms. The summed E-state index contributed by atoms with van der Waals surface area (Å²) in [4.78, 5) is 28.0. The number of amides is 1. The van der Waals surface area contributed by atoms with Gasteiger partial charge in [-0.15, -0.1) is 13.2 Å². The Bertz CT molecular complexity index is 1070. The van der Waals surface area contributed by atoms with E-state index in [1.165, 1.54) is 24.3 Å². The number of halogens is 3. The summed E-state index contributed by atoms with van der Waals surface area (Å²) < 4.78 is 45.0. The Morgan fingerprint density at radius 1 is 1.03 bits per heavy atom. The Hall–Kier alpha value is -3.88. The van der Waals surface area contributed by atoms with E-state index >= 15 is 0 Å². The molecule has 1 aromatic heterocycles. The number of benzene rings is 2. The van der Waals surface area contributed by atoms with Crippen LogP contribution in [-0.4, -0.2) is 29.8 Å². The molecule has 1 amide bonds. The zero-order chi connectivity index (χ0) is 21.6. The van der Waals surface area contributed by atoms with Gasteiger partial charge in [-0.3, -0.25) is 9.78 Å². The predicted molar refractivity (Wildman–Crippen MR) is 103 cm³/mol. The number of nitrogens with zero attached hydrogens (tertiary/aromatic N) is 1. The van der Waals surface area contributed by atoms with Crippen LogP contribution in [0, 0.1) is 0 Å². The molecule has 1 N–H and O–H groups in total. The first-order chi connectivity index (χ1) is 14.3. The number of hydrogen-bond acceptors (Lipinski definition) is 5. The molecule has 1 heterocycles. The molecule has 154 valence electrons. The molecule has 0 spiro atoms. The first kappa shape index (κ1) is 20.8. The SMILES string of the molecule is O=C(COC(=O)/C=C/c1cccc2cccnc12)Nc1ccc(OC(F)(F)F)cc1. The minimum Gasteiger partial charge on any atom is -0.452 e. The first-order valence-corrected chi connectivity index (χ1v) is 8.64. The van der Waals surface area contributed by atoms with Crippen LogP contribution in [0.3, 0.4) is 0 Å². The maximum absolute atomic E-state index is 12.1. The number of para-hydroxylation sites is 1. The molecule has 0 aliphatic carbocycles. The van der Waals surface area contributed by atoms with E-state index in [1.807, 2.05) is 18.2 Å². The number of fused-ring (bicyclic) bond motifs is 1. The van der Waals surface area contributed by atoms with Gasteiger partial charge >= 0.3 is 12.3 Å². The maximum Gasteiger partial charge on any atom is 0.573 e. The van der Waals surface area contributed by atoms with Crippen molar-refractivity contribution >= 4 is 34.5 Å². The number of nitrogens with one attached hydrogen (secondary N) is 1. The highest BCUT2D eigenvalue weighted by atomic mass is 19.4. The molecule has 0 fully saturated rings. The fourth-order valence-electron chi connectivity index (χ4n) is 2.54. The molecule has 3 rings (SSSR count). The monoisotopic (exact) mass is 416 g/mol. The summed E-state index contributed by atoms with van der Waals surface area (Å²) >= 11 is 0. The van der Waals surface area contributed by atoms with Gasteiger partial charge in [-0.25, -0.2) is 4.79 Å². The van der Waals surface area contributed by atoms with Crippen molar-refractivity contribution in [1.82, 2.24) is 4.98 Å². The van der Waals surface area contributed by atoms with Gasteiger partial charge in [-0.1, -0.05) is 24.3 Å². The fourth-order valence-corrected chi connectivity index (χ4v) is 2.54. The highest BCUT2D eigenvalue weighted by molar-refractivity contribution is 5.96. The van der Waals surface area contributed by atoms with Crippen LogP contribution in [0.2, 0.25) is 0 Å². The summed E-state index contributed by atoms with van der Waals surface area (Å²) in [7, 11) is 0. The summed E-state index contributed by atoms with van der Waals surface area (Å²) in [6, 6.07) is 13.8. The third-order valence-corrected chi connectivity index (χ3v) is 3.78. The fraction of sp³-hybridized carbons (Fsp3) is 0.0952. The highest BCUT2D eigenvalue weighted by Gasteiger charge is 2.30. The van der Waals surface area contributed by atoms with Gasteiger partial charge in [0.15, 0.2) is 6.61 Å². The predicted octanol–water partition coefficient (Wildman–Crippen LogP) is 4.33. The number of anilines is 1. The van der Waals surface area contributed by atoms with Crippen LogP contribution >= 0.6 is 0 Å². The number of alkyl halides is 3. The molecule has 9 heteroatoms. The lowest BCUT2D eigenvalue weighted by molar-refractivity contribution is -0.274. The van der Waals surface area contributed by atoms with Crippen LogP contribution in [-0.2, 0) is 14.3 Å². The summed E-state index contributed by atoms with van der Waals surface area (Å²) in [6.45, 7) is -0.558. The van der Waals surface area contributed by atoms with Crippen LogP contribution in [0.1, 0.15) is 5.56 Å². The van der Waals surface area contributed by atoms with Crippen LogP contribution in [0.5, 0.6) is 5.75 Å². The molecule has 0 radical (unpaired) electrons. The average Bonchev–Trinajstić information content (AvgIpc) is 2.71. The number of carbonyl (C=O) groups excluding carboxylic acids is 2. The molecule has 3 aromatic rings. The zero-order valence-electron chi connectivity index (χ0n) is 15.3. The number of esters is 1. The molecule has 0 saturated carbocycles.